The van der Waals surface area contributed by atoms with Gasteiger partial charge in [0.2, 0.25) is 5.91 Å². The summed E-state index contributed by atoms with van der Waals surface area (Å²) in [6.07, 6.45) is 7.36. The number of hydrogen-bond acceptors (Lipinski definition) is 4. The molecule has 1 aliphatic rings. The summed E-state index contributed by atoms with van der Waals surface area (Å²) in [5.74, 6) is 0.706. The van der Waals surface area contributed by atoms with Crippen molar-refractivity contribution in [1.82, 2.24) is 14.8 Å². The molecular formula is C21H23N3O3. The maximum absolute atomic E-state index is 12.6. The monoisotopic (exact) mass is 365 g/mol. The predicted octanol–water partition coefficient (Wildman–Crippen LogP) is 2.48. The molecule has 1 aliphatic heterocycles. The van der Waals surface area contributed by atoms with E-state index in [0.717, 1.165) is 17.7 Å². The number of ether oxygens (including phenoxy) is 1. The largest absolute Gasteiger partial charge is 0.497 e. The van der Waals surface area contributed by atoms with Gasteiger partial charge in [-0.2, -0.15) is 0 Å². The zero-order chi connectivity index (χ0) is 19.1. The van der Waals surface area contributed by atoms with Gasteiger partial charge in [-0.25, -0.2) is 0 Å². The van der Waals surface area contributed by atoms with Gasteiger partial charge in [-0.3, -0.25) is 14.6 Å². The number of rotatable bonds is 4. The highest BCUT2D eigenvalue weighted by molar-refractivity contribution is 5.94. The van der Waals surface area contributed by atoms with Gasteiger partial charge in [0.25, 0.3) is 5.91 Å². The average Bonchev–Trinajstić information content (AvgIpc) is 2.99. The normalized spacial score (nSPS) is 14.9. The van der Waals surface area contributed by atoms with Crippen LogP contribution in [0.5, 0.6) is 5.75 Å². The number of amides is 2. The van der Waals surface area contributed by atoms with Crippen LogP contribution in [0.3, 0.4) is 0 Å². The molecule has 1 aromatic carbocycles. The maximum Gasteiger partial charge on any atom is 0.255 e. The Morgan fingerprint density at radius 3 is 2.48 bits per heavy atom. The van der Waals surface area contributed by atoms with Gasteiger partial charge in [0.05, 0.1) is 12.7 Å². The number of methoxy groups -OCH3 is 1. The predicted molar refractivity (Wildman–Crippen MR) is 103 cm³/mol. The minimum atomic E-state index is -0.0403. The molecule has 0 unspecified atom stereocenters. The van der Waals surface area contributed by atoms with Crippen LogP contribution in [0.1, 0.15) is 22.3 Å². The molecule has 1 fully saturated rings. The molecule has 6 heteroatoms. The maximum atomic E-state index is 12.6. The van der Waals surface area contributed by atoms with E-state index >= 15 is 0 Å². The Balaban J connectivity index is 1.57. The molecule has 0 saturated carbocycles. The van der Waals surface area contributed by atoms with Crippen molar-refractivity contribution in [1.29, 1.82) is 0 Å². The molecule has 0 spiro atoms. The molecule has 2 aromatic rings. The zero-order valence-corrected chi connectivity index (χ0v) is 15.4. The summed E-state index contributed by atoms with van der Waals surface area (Å²) >= 11 is 0. The van der Waals surface area contributed by atoms with Crippen LogP contribution >= 0.6 is 0 Å². The van der Waals surface area contributed by atoms with E-state index in [4.69, 9.17) is 4.74 Å². The van der Waals surface area contributed by atoms with Crippen molar-refractivity contribution >= 4 is 17.9 Å². The molecule has 0 N–H and O–H groups in total. The molecule has 6 nitrogen and oxygen atoms in total. The van der Waals surface area contributed by atoms with Crippen molar-refractivity contribution in [3.05, 3.63) is 66.0 Å². The van der Waals surface area contributed by atoms with Crippen molar-refractivity contribution in [2.75, 3.05) is 33.3 Å². The second-order valence-electron chi connectivity index (χ2n) is 6.32. The molecule has 0 aliphatic carbocycles. The van der Waals surface area contributed by atoms with Crippen molar-refractivity contribution < 1.29 is 14.3 Å². The van der Waals surface area contributed by atoms with E-state index in [2.05, 4.69) is 4.98 Å². The summed E-state index contributed by atoms with van der Waals surface area (Å²) < 4.78 is 5.13. The van der Waals surface area contributed by atoms with Crippen molar-refractivity contribution in [3.63, 3.8) is 0 Å². The van der Waals surface area contributed by atoms with E-state index in [1.54, 1.807) is 53.6 Å². The van der Waals surface area contributed by atoms with Crippen LogP contribution in [0.25, 0.3) is 6.08 Å². The smallest absolute Gasteiger partial charge is 0.255 e. The van der Waals surface area contributed by atoms with E-state index in [0.29, 0.717) is 31.7 Å². The van der Waals surface area contributed by atoms with E-state index in [1.165, 1.54) is 0 Å². The Morgan fingerprint density at radius 2 is 1.78 bits per heavy atom. The summed E-state index contributed by atoms with van der Waals surface area (Å²) in [5, 5.41) is 0. The van der Waals surface area contributed by atoms with E-state index < -0.39 is 0 Å². The lowest BCUT2D eigenvalue weighted by Crippen LogP contribution is -2.36. The van der Waals surface area contributed by atoms with Crippen LogP contribution in [0.2, 0.25) is 0 Å². The fraction of sp³-hybridized carbons (Fsp3) is 0.286. The second-order valence-corrected chi connectivity index (χ2v) is 6.32. The minimum absolute atomic E-state index is 0.0360. The first-order chi connectivity index (χ1) is 13.2. The van der Waals surface area contributed by atoms with Crippen LogP contribution in [0.4, 0.5) is 0 Å². The number of benzene rings is 1. The lowest BCUT2D eigenvalue weighted by atomic mass is 10.2. The van der Waals surface area contributed by atoms with E-state index in [9.17, 15) is 9.59 Å². The van der Waals surface area contributed by atoms with Crippen molar-refractivity contribution in [3.8, 4) is 5.75 Å². The zero-order valence-electron chi connectivity index (χ0n) is 15.4. The highest BCUT2D eigenvalue weighted by atomic mass is 16.5. The summed E-state index contributed by atoms with van der Waals surface area (Å²) in [6, 6.07) is 11.0. The summed E-state index contributed by atoms with van der Waals surface area (Å²) in [5.41, 5.74) is 1.52. The molecule has 140 valence electrons. The first-order valence-corrected chi connectivity index (χ1v) is 8.98. The quantitative estimate of drug-likeness (QED) is 0.781. The molecule has 0 radical (unpaired) electrons. The number of nitrogens with zero attached hydrogens (tertiary/aromatic N) is 3. The molecule has 2 amide bonds. The van der Waals surface area contributed by atoms with E-state index in [1.807, 2.05) is 24.3 Å². The SMILES string of the molecule is COc1ccc(/C=C/C(=O)N2CCCN(C(=O)c3cccnc3)CC2)cc1. The molecule has 3 rings (SSSR count). The van der Waals surface area contributed by atoms with Gasteiger partial charge in [0, 0.05) is 44.6 Å². The Hall–Kier alpha value is -3.15. The second kappa shape index (κ2) is 8.98. The first-order valence-electron chi connectivity index (χ1n) is 8.98. The van der Waals surface area contributed by atoms with Gasteiger partial charge >= 0.3 is 0 Å². The molecule has 1 aromatic heterocycles. The summed E-state index contributed by atoms with van der Waals surface area (Å²) in [6.45, 7) is 2.33. The molecule has 2 heterocycles. The Morgan fingerprint density at radius 1 is 1.04 bits per heavy atom. The summed E-state index contributed by atoms with van der Waals surface area (Å²) in [7, 11) is 1.62. The van der Waals surface area contributed by atoms with Crippen LogP contribution in [-0.2, 0) is 4.79 Å². The third kappa shape index (κ3) is 4.94. The Bertz CT molecular complexity index is 803. The Kier molecular flexibility index (Phi) is 6.20. The van der Waals surface area contributed by atoms with Crippen LogP contribution in [0.15, 0.2) is 54.9 Å². The van der Waals surface area contributed by atoms with Gasteiger partial charge < -0.3 is 14.5 Å². The van der Waals surface area contributed by atoms with Crippen LogP contribution in [-0.4, -0.2) is 59.9 Å². The van der Waals surface area contributed by atoms with Crippen LogP contribution in [0, 0.1) is 0 Å². The standard InChI is InChI=1S/C21H23N3O3/c1-27-19-8-5-17(6-9-19)7-10-20(25)23-12-3-13-24(15-14-23)21(26)18-4-2-11-22-16-18/h2,4-11,16H,3,12-15H2,1H3/b10-7+. The van der Waals surface area contributed by atoms with E-state index in [-0.39, 0.29) is 11.8 Å². The molecule has 0 atom stereocenters. The fourth-order valence-corrected chi connectivity index (χ4v) is 3.00. The summed E-state index contributed by atoms with van der Waals surface area (Å²) in [4.78, 5) is 32.6. The highest BCUT2D eigenvalue weighted by Gasteiger charge is 2.21. The number of carbonyl (C=O) groups is 2. The van der Waals surface area contributed by atoms with Crippen LogP contribution < -0.4 is 4.74 Å². The number of pyridine rings is 1. The first kappa shape index (κ1) is 18.6. The van der Waals surface area contributed by atoms with Gasteiger partial charge in [-0.1, -0.05) is 12.1 Å². The fourth-order valence-electron chi connectivity index (χ4n) is 3.00. The molecule has 0 bridgehead atoms. The Labute approximate surface area is 159 Å². The number of hydrogen-bond donors (Lipinski definition) is 0. The number of carbonyl (C=O) groups excluding carboxylic acids is 2. The third-order valence-electron chi connectivity index (χ3n) is 4.54. The van der Waals surface area contributed by atoms with Gasteiger partial charge in [-0.05, 0) is 42.3 Å². The minimum Gasteiger partial charge on any atom is -0.497 e. The van der Waals surface area contributed by atoms with Gasteiger partial charge in [0.1, 0.15) is 5.75 Å². The number of aromatic nitrogens is 1. The third-order valence-corrected chi connectivity index (χ3v) is 4.54. The lowest BCUT2D eigenvalue weighted by Gasteiger charge is -2.21. The molecular weight excluding hydrogens is 342 g/mol. The average molecular weight is 365 g/mol. The topological polar surface area (TPSA) is 62.7 Å². The van der Waals surface area contributed by atoms with Gasteiger partial charge in [0.15, 0.2) is 0 Å². The molecule has 1 saturated heterocycles. The highest BCUT2D eigenvalue weighted by Crippen LogP contribution is 2.13. The van der Waals surface area contributed by atoms with Crippen molar-refractivity contribution in [2.24, 2.45) is 0 Å². The van der Waals surface area contributed by atoms with Gasteiger partial charge in [-0.15, -0.1) is 0 Å². The molecule has 27 heavy (non-hydrogen) atoms. The lowest BCUT2D eigenvalue weighted by molar-refractivity contribution is -0.125. The van der Waals surface area contributed by atoms with Crippen molar-refractivity contribution in [2.45, 2.75) is 6.42 Å².